The lowest BCUT2D eigenvalue weighted by Gasteiger charge is -2.28. The summed E-state index contributed by atoms with van der Waals surface area (Å²) in [6.07, 6.45) is 5.16. The van der Waals surface area contributed by atoms with E-state index in [1.807, 2.05) is 30.3 Å². The van der Waals surface area contributed by atoms with Crippen molar-refractivity contribution in [2.45, 2.75) is 38.6 Å². The molecule has 0 spiro atoms. The molecule has 1 N–H and O–H groups in total. The number of pyridine rings is 1. The summed E-state index contributed by atoms with van der Waals surface area (Å²) in [6.45, 7) is 1.80. The number of esters is 1. The molecule has 2 aliphatic rings. The SMILES string of the molecule is C[C@@H](NC(=O)COC(=O)c1ccc2ccccc2n1)[C@H]1C[C@H]2CC[C@H]1C2. The molecule has 136 valence electrons. The first-order valence-electron chi connectivity index (χ1n) is 9.42. The van der Waals surface area contributed by atoms with Gasteiger partial charge in [-0.1, -0.05) is 30.7 Å². The number of fused-ring (bicyclic) bond motifs is 3. The van der Waals surface area contributed by atoms with Crippen LogP contribution in [0.25, 0.3) is 10.9 Å². The number of carbonyl (C=O) groups excluding carboxylic acids is 2. The minimum Gasteiger partial charge on any atom is -0.451 e. The fourth-order valence-electron chi connectivity index (χ4n) is 4.69. The van der Waals surface area contributed by atoms with Crippen LogP contribution in [0.1, 0.15) is 43.1 Å². The van der Waals surface area contributed by atoms with Gasteiger partial charge in [-0.25, -0.2) is 9.78 Å². The molecule has 5 nitrogen and oxygen atoms in total. The quantitative estimate of drug-likeness (QED) is 0.838. The normalized spacial score (nSPS) is 25.2. The zero-order valence-corrected chi connectivity index (χ0v) is 15.0. The van der Waals surface area contributed by atoms with Crippen LogP contribution < -0.4 is 5.32 Å². The van der Waals surface area contributed by atoms with Gasteiger partial charge in [0, 0.05) is 11.4 Å². The fourth-order valence-corrected chi connectivity index (χ4v) is 4.69. The van der Waals surface area contributed by atoms with Crippen LogP contribution in [0.5, 0.6) is 0 Å². The molecule has 2 aromatic rings. The van der Waals surface area contributed by atoms with Crippen LogP contribution in [0.15, 0.2) is 36.4 Å². The van der Waals surface area contributed by atoms with Crippen molar-refractivity contribution in [2.24, 2.45) is 17.8 Å². The number of hydrogen-bond donors (Lipinski definition) is 1. The molecule has 0 saturated heterocycles. The van der Waals surface area contributed by atoms with Crippen molar-refractivity contribution in [3.8, 4) is 0 Å². The molecule has 0 unspecified atom stereocenters. The molecular formula is C21H24N2O3. The van der Waals surface area contributed by atoms with E-state index in [-0.39, 0.29) is 24.2 Å². The molecule has 2 saturated carbocycles. The molecule has 4 atom stereocenters. The first-order valence-corrected chi connectivity index (χ1v) is 9.42. The van der Waals surface area contributed by atoms with Gasteiger partial charge in [-0.2, -0.15) is 0 Å². The van der Waals surface area contributed by atoms with Gasteiger partial charge in [0.2, 0.25) is 0 Å². The number of carbonyl (C=O) groups is 2. The maximum atomic E-state index is 12.2. The van der Waals surface area contributed by atoms with E-state index in [4.69, 9.17) is 4.74 Å². The highest BCUT2D eigenvalue weighted by Gasteiger charge is 2.42. The van der Waals surface area contributed by atoms with Gasteiger partial charge in [0.05, 0.1) is 5.52 Å². The second-order valence-electron chi connectivity index (χ2n) is 7.66. The van der Waals surface area contributed by atoms with Gasteiger partial charge < -0.3 is 10.1 Å². The number of aromatic nitrogens is 1. The average molecular weight is 352 g/mol. The highest BCUT2D eigenvalue weighted by molar-refractivity contribution is 5.92. The predicted octanol–water partition coefficient (Wildman–Crippen LogP) is 3.33. The smallest absolute Gasteiger partial charge is 0.357 e. The van der Waals surface area contributed by atoms with Crippen LogP contribution in [0.3, 0.4) is 0 Å². The number of nitrogens with zero attached hydrogens (tertiary/aromatic N) is 1. The van der Waals surface area contributed by atoms with Gasteiger partial charge in [-0.3, -0.25) is 4.79 Å². The van der Waals surface area contributed by atoms with Gasteiger partial charge in [0.15, 0.2) is 6.61 Å². The van der Waals surface area contributed by atoms with Crippen LogP contribution >= 0.6 is 0 Å². The zero-order valence-electron chi connectivity index (χ0n) is 15.0. The number of nitrogens with one attached hydrogen (secondary N) is 1. The lowest BCUT2D eigenvalue weighted by Crippen LogP contribution is -2.42. The highest BCUT2D eigenvalue weighted by Crippen LogP contribution is 2.49. The van der Waals surface area contributed by atoms with E-state index >= 15 is 0 Å². The first kappa shape index (κ1) is 17.0. The fraction of sp³-hybridized carbons (Fsp3) is 0.476. The molecule has 5 heteroatoms. The van der Waals surface area contributed by atoms with Crippen molar-refractivity contribution in [3.05, 3.63) is 42.1 Å². The number of amides is 1. The molecule has 0 radical (unpaired) electrons. The summed E-state index contributed by atoms with van der Waals surface area (Å²) in [5, 5.41) is 3.97. The molecule has 1 amide bonds. The van der Waals surface area contributed by atoms with E-state index in [1.54, 1.807) is 6.07 Å². The number of para-hydroxylation sites is 1. The Morgan fingerprint density at radius 1 is 1.19 bits per heavy atom. The summed E-state index contributed by atoms with van der Waals surface area (Å²) in [4.78, 5) is 28.6. The lowest BCUT2D eigenvalue weighted by atomic mass is 9.84. The second kappa shape index (κ2) is 7.06. The van der Waals surface area contributed by atoms with Crippen molar-refractivity contribution in [3.63, 3.8) is 0 Å². The minimum absolute atomic E-state index is 0.135. The third-order valence-electron chi connectivity index (χ3n) is 5.97. The van der Waals surface area contributed by atoms with Crippen LogP contribution in [-0.4, -0.2) is 29.5 Å². The molecule has 4 rings (SSSR count). The Bertz CT molecular complexity index is 835. The predicted molar refractivity (Wildman–Crippen MR) is 98.6 cm³/mol. The Morgan fingerprint density at radius 2 is 2.04 bits per heavy atom. The molecule has 2 bridgehead atoms. The summed E-state index contributed by atoms with van der Waals surface area (Å²) in [6, 6.07) is 11.2. The Morgan fingerprint density at radius 3 is 2.81 bits per heavy atom. The van der Waals surface area contributed by atoms with E-state index in [0.717, 1.165) is 22.7 Å². The van der Waals surface area contributed by atoms with Gasteiger partial charge >= 0.3 is 5.97 Å². The molecule has 1 aromatic carbocycles. The van der Waals surface area contributed by atoms with Crippen molar-refractivity contribution in [1.82, 2.24) is 10.3 Å². The highest BCUT2D eigenvalue weighted by atomic mass is 16.5. The summed E-state index contributed by atoms with van der Waals surface area (Å²) >= 11 is 0. The molecule has 1 aromatic heterocycles. The van der Waals surface area contributed by atoms with Crippen LogP contribution in [-0.2, 0) is 9.53 Å². The third-order valence-corrected chi connectivity index (χ3v) is 5.97. The molecule has 1 heterocycles. The van der Waals surface area contributed by atoms with E-state index in [9.17, 15) is 9.59 Å². The van der Waals surface area contributed by atoms with Crippen LogP contribution in [0.4, 0.5) is 0 Å². The number of benzene rings is 1. The second-order valence-corrected chi connectivity index (χ2v) is 7.66. The third kappa shape index (κ3) is 3.43. The maximum Gasteiger partial charge on any atom is 0.357 e. The van der Waals surface area contributed by atoms with Gasteiger partial charge in [-0.15, -0.1) is 0 Å². The Kier molecular flexibility index (Phi) is 4.62. The van der Waals surface area contributed by atoms with Gasteiger partial charge in [0.25, 0.3) is 5.91 Å². The molecule has 2 fully saturated rings. The van der Waals surface area contributed by atoms with Crippen molar-refractivity contribution in [1.29, 1.82) is 0 Å². The summed E-state index contributed by atoms with van der Waals surface area (Å²) < 4.78 is 5.15. The maximum absolute atomic E-state index is 12.2. The van der Waals surface area contributed by atoms with E-state index < -0.39 is 5.97 Å². The monoisotopic (exact) mass is 352 g/mol. The van der Waals surface area contributed by atoms with Crippen molar-refractivity contribution < 1.29 is 14.3 Å². The van der Waals surface area contributed by atoms with Crippen molar-refractivity contribution >= 4 is 22.8 Å². The van der Waals surface area contributed by atoms with Gasteiger partial charge in [0.1, 0.15) is 5.69 Å². The number of rotatable bonds is 5. The molecule has 26 heavy (non-hydrogen) atoms. The van der Waals surface area contributed by atoms with Crippen molar-refractivity contribution in [2.75, 3.05) is 6.61 Å². The summed E-state index contributed by atoms with van der Waals surface area (Å²) in [7, 11) is 0. The summed E-state index contributed by atoms with van der Waals surface area (Å²) in [5.74, 6) is 1.35. The molecule has 2 aliphatic carbocycles. The Balaban J connectivity index is 1.30. The minimum atomic E-state index is -0.571. The molecular weight excluding hydrogens is 328 g/mol. The zero-order chi connectivity index (χ0) is 18.1. The number of ether oxygens (including phenoxy) is 1. The van der Waals surface area contributed by atoms with Crippen LogP contribution in [0.2, 0.25) is 0 Å². The van der Waals surface area contributed by atoms with E-state index in [0.29, 0.717) is 5.92 Å². The lowest BCUT2D eigenvalue weighted by molar-refractivity contribution is -0.125. The topological polar surface area (TPSA) is 68.3 Å². The largest absolute Gasteiger partial charge is 0.451 e. The first-order chi connectivity index (χ1) is 12.6. The Labute approximate surface area is 153 Å². The van der Waals surface area contributed by atoms with E-state index in [2.05, 4.69) is 17.2 Å². The molecule has 0 aliphatic heterocycles. The van der Waals surface area contributed by atoms with E-state index in [1.165, 1.54) is 25.7 Å². The van der Waals surface area contributed by atoms with Crippen LogP contribution in [0, 0.1) is 17.8 Å². The standard InChI is InChI=1S/C21H24N2O3/c1-13(17-11-14-6-7-16(17)10-14)22-20(24)12-26-21(25)19-9-8-15-4-2-3-5-18(15)23-19/h2-5,8-9,13-14,16-17H,6-7,10-12H2,1H3,(H,22,24)/t13-,14+,16+,17-/m1/s1. The Hall–Kier alpha value is -2.43. The van der Waals surface area contributed by atoms with Gasteiger partial charge in [-0.05, 0) is 56.1 Å². The number of hydrogen-bond acceptors (Lipinski definition) is 4. The average Bonchev–Trinajstić information content (AvgIpc) is 3.29. The summed E-state index contributed by atoms with van der Waals surface area (Å²) in [5.41, 5.74) is 0.953.